The van der Waals surface area contributed by atoms with Gasteiger partial charge in [0.25, 0.3) is 11.8 Å². The fourth-order valence-corrected chi connectivity index (χ4v) is 1.31. The summed E-state index contributed by atoms with van der Waals surface area (Å²) < 4.78 is 0. The Morgan fingerprint density at radius 1 is 1.00 bits per heavy atom. The van der Waals surface area contributed by atoms with Crippen molar-refractivity contribution in [1.29, 1.82) is 0 Å². The Morgan fingerprint density at radius 2 is 1.56 bits per heavy atom. The Balaban J connectivity index is 0.000000280. The van der Waals surface area contributed by atoms with E-state index in [-0.39, 0.29) is 11.8 Å². The lowest BCUT2D eigenvalue weighted by Gasteiger charge is -2.12. The predicted molar refractivity (Wildman–Crippen MR) is 69.0 cm³/mol. The van der Waals surface area contributed by atoms with Gasteiger partial charge in [-0.3, -0.25) is 14.4 Å². The van der Waals surface area contributed by atoms with Crippen LogP contribution in [0.1, 0.15) is 6.92 Å². The van der Waals surface area contributed by atoms with E-state index < -0.39 is 0 Å². The van der Waals surface area contributed by atoms with Crippen molar-refractivity contribution in [3.63, 3.8) is 0 Å². The highest BCUT2D eigenvalue weighted by atomic mass is 16.2. The molecule has 2 rings (SSSR count). The highest BCUT2D eigenvalue weighted by Crippen LogP contribution is 2.17. The number of rotatable bonds is 2. The van der Waals surface area contributed by atoms with Crippen LogP contribution in [0.25, 0.3) is 0 Å². The highest BCUT2D eigenvalue weighted by Gasteiger charge is 2.24. The molecule has 0 fully saturated rings. The van der Waals surface area contributed by atoms with E-state index in [1.54, 1.807) is 37.3 Å². The minimum atomic E-state index is -0.281. The molecule has 92 valence electrons. The molecule has 0 radical (unpaired) electrons. The number of aldehydes is 1. The average Bonchev–Trinajstić information content (AvgIpc) is 2.72. The van der Waals surface area contributed by atoms with Crippen LogP contribution in [-0.2, 0) is 14.4 Å². The predicted octanol–water partition coefficient (Wildman–Crippen LogP) is 1.88. The van der Waals surface area contributed by atoms with Crippen molar-refractivity contribution >= 4 is 23.8 Å². The van der Waals surface area contributed by atoms with Gasteiger partial charge in [-0.15, -0.1) is 0 Å². The summed E-state index contributed by atoms with van der Waals surface area (Å²) in [7, 11) is 0. The van der Waals surface area contributed by atoms with Crippen LogP contribution in [0.3, 0.4) is 0 Å². The van der Waals surface area contributed by atoms with E-state index >= 15 is 0 Å². The Morgan fingerprint density at radius 3 is 1.94 bits per heavy atom. The molecule has 1 aliphatic rings. The Kier molecular flexibility index (Phi) is 5.25. The third-order valence-electron chi connectivity index (χ3n) is 2.09. The molecule has 0 spiro atoms. The summed E-state index contributed by atoms with van der Waals surface area (Å²) in [6, 6.07) is 8.86. The quantitative estimate of drug-likeness (QED) is 0.452. The van der Waals surface area contributed by atoms with Gasteiger partial charge in [-0.05, 0) is 25.1 Å². The first-order valence-corrected chi connectivity index (χ1v) is 5.38. The minimum Gasteiger partial charge on any atom is -0.299 e. The van der Waals surface area contributed by atoms with E-state index in [0.717, 1.165) is 11.2 Å². The summed E-state index contributed by atoms with van der Waals surface area (Å²) in [5.74, 6) is -0.563. The van der Waals surface area contributed by atoms with Crippen molar-refractivity contribution < 1.29 is 14.4 Å². The lowest BCUT2D eigenvalue weighted by Crippen LogP contribution is -2.29. The largest absolute Gasteiger partial charge is 0.299 e. The number of amides is 2. The molecule has 0 N–H and O–H groups in total. The number of hydrogen-bond donors (Lipinski definition) is 0. The molecule has 1 aromatic rings. The number of anilines is 1. The van der Waals surface area contributed by atoms with Gasteiger partial charge in [0.1, 0.15) is 6.29 Å². The maximum Gasteiger partial charge on any atom is 0.258 e. The molecule has 0 bridgehead atoms. The number of carbonyl (C=O) groups is 3. The zero-order valence-electron chi connectivity index (χ0n) is 9.95. The van der Waals surface area contributed by atoms with Gasteiger partial charge in [0, 0.05) is 12.2 Å². The number of nitrogens with zero attached hydrogens (tertiary/aromatic N) is 1. The van der Waals surface area contributed by atoms with Crippen molar-refractivity contribution in [2.75, 3.05) is 4.90 Å². The summed E-state index contributed by atoms with van der Waals surface area (Å²) in [5.41, 5.74) is 0.613. The number of allylic oxidation sites excluding steroid dienone is 2. The molecule has 4 nitrogen and oxygen atoms in total. The van der Waals surface area contributed by atoms with E-state index in [1.165, 1.54) is 18.2 Å². The van der Waals surface area contributed by atoms with Gasteiger partial charge in [0.05, 0.1) is 5.69 Å². The Bertz CT molecular complexity index is 471. The number of imide groups is 1. The number of carbonyl (C=O) groups excluding carboxylic acids is 3. The van der Waals surface area contributed by atoms with E-state index in [2.05, 4.69) is 0 Å². The van der Waals surface area contributed by atoms with Crippen molar-refractivity contribution in [2.24, 2.45) is 0 Å². The van der Waals surface area contributed by atoms with Crippen molar-refractivity contribution in [3.05, 3.63) is 54.6 Å². The van der Waals surface area contributed by atoms with Gasteiger partial charge >= 0.3 is 0 Å². The summed E-state index contributed by atoms with van der Waals surface area (Å²) >= 11 is 0. The maximum absolute atomic E-state index is 11.2. The molecule has 0 aromatic heterocycles. The normalized spacial score (nSPS) is 13.7. The summed E-state index contributed by atoms with van der Waals surface area (Å²) in [6.07, 6.45) is 6.43. The van der Waals surface area contributed by atoms with E-state index in [1.807, 2.05) is 6.07 Å². The van der Waals surface area contributed by atoms with Gasteiger partial charge in [-0.1, -0.05) is 24.3 Å². The molecule has 1 aromatic carbocycles. The molecule has 1 aliphatic heterocycles. The SMILES string of the molecule is CC=CC=O.O=C1C=CC(=O)N1c1ccccc1. The van der Waals surface area contributed by atoms with E-state index in [0.29, 0.717) is 5.69 Å². The lowest BCUT2D eigenvalue weighted by atomic mass is 10.3. The first-order valence-electron chi connectivity index (χ1n) is 5.38. The zero-order valence-corrected chi connectivity index (χ0v) is 9.95. The molecule has 4 heteroatoms. The third-order valence-corrected chi connectivity index (χ3v) is 2.09. The second-order valence-electron chi connectivity index (χ2n) is 3.34. The second kappa shape index (κ2) is 6.96. The molecule has 18 heavy (non-hydrogen) atoms. The highest BCUT2D eigenvalue weighted by molar-refractivity contribution is 6.28. The number of hydrogen-bond acceptors (Lipinski definition) is 3. The second-order valence-corrected chi connectivity index (χ2v) is 3.34. The van der Waals surface area contributed by atoms with Gasteiger partial charge in [-0.2, -0.15) is 0 Å². The molecule has 1 heterocycles. The summed E-state index contributed by atoms with van der Waals surface area (Å²) in [5, 5.41) is 0. The minimum absolute atomic E-state index is 0.281. The van der Waals surface area contributed by atoms with Crippen LogP contribution in [0.4, 0.5) is 5.69 Å². The first-order chi connectivity index (χ1) is 8.70. The van der Waals surface area contributed by atoms with Crippen molar-refractivity contribution in [3.8, 4) is 0 Å². The van der Waals surface area contributed by atoms with E-state index in [4.69, 9.17) is 0 Å². The fourth-order valence-electron chi connectivity index (χ4n) is 1.31. The molecule has 0 aliphatic carbocycles. The average molecular weight is 243 g/mol. The van der Waals surface area contributed by atoms with Gasteiger partial charge < -0.3 is 0 Å². The van der Waals surface area contributed by atoms with Crippen LogP contribution in [0.2, 0.25) is 0 Å². The molecule has 0 saturated carbocycles. The van der Waals surface area contributed by atoms with Crippen LogP contribution >= 0.6 is 0 Å². The third kappa shape index (κ3) is 3.52. The first kappa shape index (κ1) is 13.6. The summed E-state index contributed by atoms with van der Waals surface area (Å²) in [6.45, 7) is 1.80. The van der Waals surface area contributed by atoms with E-state index in [9.17, 15) is 14.4 Å². The molecule has 2 amide bonds. The molecule has 0 unspecified atom stereocenters. The number of para-hydroxylation sites is 1. The van der Waals surface area contributed by atoms with Gasteiger partial charge in [0.15, 0.2) is 0 Å². The van der Waals surface area contributed by atoms with Crippen molar-refractivity contribution in [2.45, 2.75) is 6.92 Å². The summed E-state index contributed by atoms with van der Waals surface area (Å²) in [4.78, 5) is 32.9. The number of benzene rings is 1. The topological polar surface area (TPSA) is 54.5 Å². The van der Waals surface area contributed by atoms with Gasteiger partial charge in [-0.25, -0.2) is 4.90 Å². The van der Waals surface area contributed by atoms with Crippen LogP contribution in [0, 0.1) is 0 Å². The maximum atomic E-state index is 11.2. The fraction of sp³-hybridized carbons (Fsp3) is 0.0714. The zero-order chi connectivity index (χ0) is 13.4. The molecule has 0 saturated heterocycles. The molecular weight excluding hydrogens is 230 g/mol. The van der Waals surface area contributed by atoms with Crippen LogP contribution in [-0.4, -0.2) is 18.1 Å². The monoisotopic (exact) mass is 243 g/mol. The Hall–Kier alpha value is -2.49. The lowest BCUT2D eigenvalue weighted by molar-refractivity contribution is -0.120. The van der Waals surface area contributed by atoms with Crippen LogP contribution in [0.15, 0.2) is 54.6 Å². The van der Waals surface area contributed by atoms with Crippen LogP contribution in [0.5, 0.6) is 0 Å². The Labute approximate surface area is 105 Å². The standard InChI is InChI=1S/C10H7NO2.C4H6O/c12-9-6-7-10(13)11(9)8-4-2-1-3-5-8;1-2-3-4-5/h1-7H;2-4H,1H3. The molecule has 0 atom stereocenters. The van der Waals surface area contributed by atoms with Crippen LogP contribution < -0.4 is 4.90 Å². The smallest absolute Gasteiger partial charge is 0.258 e. The van der Waals surface area contributed by atoms with Gasteiger partial charge in [0.2, 0.25) is 0 Å². The van der Waals surface area contributed by atoms with Crippen molar-refractivity contribution in [1.82, 2.24) is 0 Å². The molecular formula is C14H13NO3.